The molecule has 1 aromatic heterocycles. The van der Waals surface area contributed by atoms with Gasteiger partial charge in [-0.05, 0) is 43.3 Å². The molecule has 17 heavy (non-hydrogen) atoms. The van der Waals surface area contributed by atoms with E-state index in [9.17, 15) is 4.79 Å². The number of rotatable bonds is 4. The molecular formula is C13H20N2OS. The highest BCUT2D eigenvalue weighted by atomic mass is 32.1. The zero-order chi connectivity index (χ0) is 12.3. The van der Waals surface area contributed by atoms with E-state index in [0.717, 1.165) is 25.9 Å². The lowest BCUT2D eigenvalue weighted by molar-refractivity contribution is -0.129. The third-order valence-corrected chi connectivity index (χ3v) is 4.51. The van der Waals surface area contributed by atoms with E-state index in [1.165, 1.54) is 10.4 Å². The normalized spacial score (nSPS) is 23.9. The van der Waals surface area contributed by atoms with Crippen LogP contribution >= 0.6 is 11.3 Å². The molecule has 4 heteroatoms. The maximum absolute atomic E-state index is 12.1. The third kappa shape index (κ3) is 2.69. The van der Waals surface area contributed by atoms with E-state index in [-0.39, 0.29) is 11.3 Å². The zero-order valence-corrected chi connectivity index (χ0v) is 11.3. The molecule has 0 aliphatic carbocycles. The molecule has 1 unspecified atom stereocenters. The van der Waals surface area contributed by atoms with Gasteiger partial charge in [0.05, 0.1) is 12.0 Å². The maximum atomic E-state index is 12.1. The summed E-state index contributed by atoms with van der Waals surface area (Å²) in [6.07, 6.45) is 1.97. The molecule has 0 spiro atoms. The summed E-state index contributed by atoms with van der Waals surface area (Å²) in [6, 6.07) is 2.14. The van der Waals surface area contributed by atoms with Gasteiger partial charge in [0.25, 0.3) is 0 Å². The van der Waals surface area contributed by atoms with Crippen LogP contribution in [0.3, 0.4) is 0 Å². The Labute approximate surface area is 107 Å². The van der Waals surface area contributed by atoms with Gasteiger partial charge in [-0.3, -0.25) is 4.79 Å². The minimum atomic E-state index is -0.219. The average Bonchev–Trinajstić information content (AvgIpc) is 2.95. The summed E-state index contributed by atoms with van der Waals surface area (Å²) >= 11 is 1.73. The molecule has 1 aliphatic rings. The summed E-state index contributed by atoms with van der Waals surface area (Å²) in [4.78, 5) is 13.4. The van der Waals surface area contributed by atoms with Crippen molar-refractivity contribution < 1.29 is 4.79 Å². The fraction of sp³-hybridized carbons (Fsp3) is 0.615. The quantitative estimate of drug-likeness (QED) is 0.859. The molecule has 2 heterocycles. The summed E-state index contributed by atoms with van der Waals surface area (Å²) in [5.74, 6) is 0.179. The van der Waals surface area contributed by atoms with Crippen LogP contribution in [0.4, 0.5) is 0 Å². The lowest BCUT2D eigenvalue weighted by Gasteiger charge is -2.21. The van der Waals surface area contributed by atoms with E-state index in [0.29, 0.717) is 6.54 Å². The van der Waals surface area contributed by atoms with Crippen molar-refractivity contribution in [3.63, 3.8) is 0 Å². The van der Waals surface area contributed by atoms with Gasteiger partial charge in [0.1, 0.15) is 0 Å². The van der Waals surface area contributed by atoms with Crippen LogP contribution in [-0.2, 0) is 17.8 Å². The lowest BCUT2D eigenvalue weighted by atomic mass is 9.89. The van der Waals surface area contributed by atoms with Crippen molar-refractivity contribution in [3.05, 3.63) is 21.9 Å². The first-order valence-corrected chi connectivity index (χ1v) is 7.08. The van der Waals surface area contributed by atoms with E-state index in [2.05, 4.69) is 29.0 Å². The summed E-state index contributed by atoms with van der Waals surface area (Å²) < 4.78 is 0. The number of carbonyl (C=O) groups is 1. The Morgan fingerprint density at radius 1 is 1.65 bits per heavy atom. The van der Waals surface area contributed by atoms with Crippen molar-refractivity contribution in [2.24, 2.45) is 5.41 Å². The molecule has 1 atom stereocenters. The predicted octanol–water partition coefficient (Wildman–Crippen LogP) is 1.93. The standard InChI is InChI=1S/C13H20N2OS/c1-3-10-4-7-17-11(10)8-15-12(16)13(2)5-6-14-9-13/h4,7,14H,3,5-6,8-9H2,1-2H3,(H,15,16). The molecular weight excluding hydrogens is 232 g/mol. The molecule has 0 bridgehead atoms. The van der Waals surface area contributed by atoms with Crippen LogP contribution in [0.15, 0.2) is 11.4 Å². The minimum absolute atomic E-state index is 0.179. The van der Waals surface area contributed by atoms with Gasteiger partial charge in [-0.25, -0.2) is 0 Å². The molecule has 1 aliphatic heterocycles. The monoisotopic (exact) mass is 252 g/mol. The van der Waals surface area contributed by atoms with Gasteiger partial charge in [0.2, 0.25) is 5.91 Å². The van der Waals surface area contributed by atoms with Crippen molar-refractivity contribution in [2.45, 2.75) is 33.2 Å². The van der Waals surface area contributed by atoms with Gasteiger partial charge in [0, 0.05) is 11.4 Å². The highest BCUT2D eigenvalue weighted by Crippen LogP contribution is 2.25. The van der Waals surface area contributed by atoms with Crippen LogP contribution in [0.1, 0.15) is 30.7 Å². The highest BCUT2D eigenvalue weighted by Gasteiger charge is 2.35. The predicted molar refractivity (Wildman–Crippen MR) is 71.1 cm³/mol. The second-order valence-electron chi connectivity index (χ2n) is 4.89. The topological polar surface area (TPSA) is 41.1 Å². The Bertz CT molecular complexity index is 394. The van der Waals surface area contributed by atoms with Gasteiger partial charge in [0.15, 0.2) is 0 Å². The molecule has 0 radical (unpaired) electrons. The average molecular weight is 252 g/mol. The number of hydrogen-bond acceptors (Lipinski definition) is 3. The first-order chi connectivity index (χ1) is 8.15. The Morgan fingerprint density at radius 3 is 3.12 bits per heavy atom. The molecule has 1 amide bonds. The van der Waals surface area contributed by atoms with Gasteiger partial charge >= 0.3 is 0 Å². The Morgan fingerprint density at radius 2 is 2.47 bits per heavy atom. The number of nitrogens with one attached hydrogen (secondary N) is 2. The van der Waals surface area contributed by atoms with Crippen molar-refractivity contribution >= 4 is 17.2 Å². The first kappa shape index (κ1) is 12.6. The molecule has 0 aromatic carbocycles. The fourth-order valence-electron chi connectivity index (χ4n) is 2.22. The zero-order valence-electron chi connectivity index (χ0n) is 10.5. The Balaban J connectivity index is 1.92. The molecule has 3 nitrogen and oxygen atoms in total. The summed E-state index contributed by atoms with van der Waals surface area (Å²) in [7, 11) is 0. The SMILES string of the molecule is CCc1ccsc1CNC(=O)C1(C)CCNC1. The molecule has 1 aromatic rings. The van der Waals surface area contributed by atoms with Crippen LogP contribution < -0.4 is 10.6 Å². The number of hydrogen-bond donors (Lipinski definition) is 2. The van der Waals surface area contributed by atoms with Gasteiger partial charge in [-0.15, -0.1) is 11.3 Å². The van der Waals surface area contributed by atoms with Gasteiger partial charge in [-0.1, -0.05) is 6.92 Å². The number of aryl methyl sites for hydroxylation is 1. The van der Waals surface area contributed by atoms with Crippen LogP contribution in [0, 0.1) is 5.41 Å². The van der Waals surface area contributed by atoms with Crippen LogP contribution in [0.25, 0.3) is 0 Å². The number of amides is 1. The molecule has 1 saturated heterocycles. The molecule has 1 fully saturated rings. The van der Waals surface area contributed by atoms with Crippen molar-refractivity contribution in [2.75, 3.05) is 13.1 Å². The third-order valence-electron chi connectivity index (χ3n) is 3.54. The van der Waals surface area contributed by atoms with E-state index >= 15 is 0 Å². The first-order valence-electron chi connectivity index (χ1n) is 6.20. The van der Waals surface area contributed by atoms with Crippen LogP contribution in [0.5, 0.6) is 0 Å². The van der Waals surface area contributed by atoms with E-state index in [1.807, 2.05) is 6.92 Å². The van der Waals surface area contributed by atoms with Crippen LogP contribution in [-0.4, -0.2) is 19.0 Å². The largest absolute Gasteiger partial charge is 0.351 e. The molecule has 2 N–H and O–H groups in total. The van der Waals surface area contributed by atoms with Crippen molar-refractivity contribution in [1.29, 1.82) is 0 Å². The minimum Gasteiger partial charge on any atom is -0.351 e. The molecule has 94 valence electrons. The maximum Gasteiger partial charge on any atom is 0.227 e. The summed E-state index contributed by atoms with van der Waals surface area (Å²) in [5.41, 5.74) is 1.13. The Kier molecular flexibility index (Phi) is 3.84. The van der Waals surface area contributed by atoms with Gasteiger partial charge < -0.3 is 10.6 Å². The lowest BCUT2D eigenvalue weighted by Crippen LogP contribution is -2.39. The van der Waals surface area contributed by atoms with E-state index < -0.39 is 0 Å². The summed E-state index contributed by atoms with van der Waals surface area (Å²) in [6.45, 7) is 6.61. The van der Waals surface area contributed by atoms with Gasteiger partial charge in [-0.2, -0.15) is 0 Å². The molecule has 0 saturated carbocycles. The second kappa shape index (κ2) is 5.19. The van der Waals surface area contributed by atoms with E-state index in [4.69, 9.17) is 0 Å². The van der Waals surface area contributed by atoms with Crippen LogP contribution in [0.2, 0.25) is 0 Å². The van der Waals surface area contributed by atoms with Crippen molar-refractivity contribution in [1.82, 2.24) is 10.6 Å². The fourth-order valence-corrected chi connectivity index (χ4v) is 3.14. The summed E-state index contributed by atoms with van der Waals surface area (Å²) in [5, 5.41) is 8.42. The number of thiophene rings is 1. The smallest absolute Gasteiger partial charge is 0.227 e. The number of carbonyl (C=O) groups excluding carboxylic acids is 1. The second-order valence-corrected chi connectivity index (χ2v) is 5.89. The van der Waals surface area contributed by atoms with Crippen molar-refractivity contribution in [3.8, 4) is 0 Å². The molecule has 2 rings (SSSR count). The Hall–Kier alpha value is -0.870. The van der Waals surface area contributed by atoms with E-state index in [1.54, 1.807) is 11.3 Å². The highest BCUT2D eigenvalue weighted by molar-refractivity contribution is 7.10.